The van der Waals surface area contributed by atoms with Gasteiger partial charge in [0.2, 0.25) is 0 Å². The van der Waals surface area contributed by atoms with E-state index in [-0.39, 0.29) is 27.5 Å². The molecule has 0 bridgehead atoms. The molecule has 0 spiro atoms. The number of esters is 1. The zero-order chi connectivity index (χ0) is 22.1. The molecule has 0 saturated carbocycles. The number of aromatic nitrogens is 1. The molecule has 3 rings (SSSR count). The lowest BCUT2D eigenvalue weighted by atomic mass is 10.2. The summed E-state index contributed by atoms with van der Waals surface area (Å²) in [4.78, 5) is 39.1. The van der Waals surface area contributed by atoms with Crippen LogP contribution in [0.25, 0.3) is 10.2 Å². The Morgan fingerprint density at radius 2 is 1.97 bits per heavy atom. The van der Waals surface area contributed by atoms with Crippen molar-refractivity contribution in [3.63, 3.8) is 0 Å². The van der Waals surface area contributed by atoms with Crippen LogP contribution >= 0.6 is 11.3 Å². The first-order chi connectivity index (χ1) is 14.1. The smallest absolute Gasteiger partial charge is 0.325 e. The molecule has 0 aliphatic heterocycles. The van der Waals surface area contributed by atoms with E-state index in [1.54, 1.807) is 0 Å². The summed E-state index contributed by atoms with van der Waals surface area (Å²) >= 11 is 1.06. The Morgan fingerprint density at radius 3 is 2.60 bits per heavy atom. The summed E-state index contributed by atoms with van der Waals surface area (Å²) in [5.41, 5.74) is 0.208. The Bertz CT molecular complexity index is 1350. The zero-order valence-electron chi connectivity index (χ0n) is 15.8. The summed E-state index contributed by atoms with van der Waals surface area (Å²) in [5.74, 6) is -1.35. The maximum absolute atomic E-state index is 12.7. The molecule has 0 aliphatic carbocycles. The first-order valence-corrected chi connectivity index (χ1v) is 11.0. The first kappa shape index (κ1) is 21.3. The lowest BCUT2D eigenvalue weighted by molar-refractivity contribution is -0.384. The van der Waals surface area contributed by atoms with Crippen molar-refractivity contribution < 1.29 is 27.7 Å². The molecule has 0 fully saturated rings. The number of hydrogen-bond donors (Lipinski definition) is 0. The van der Waals surface area contributed by atoms with Crippen LogP contribution in [0.2, 0.25) is 0 Å². The van der Waals surface area contributed by atoms with Gasteiger partial charge in [-0.15, -0.1) is 0 Å². The summed E-state index contributed by atoms with van der Waals surface area (Å²) in [7, 11) is -2.32. The van der Waals surface area contributed by atoms with Gasteiger partial charge in [-0.3, -0.25) is 19.7 Å². The standard InChI is InChI=1S/C18H15N3O7S2/c1-28-16(22)10-20-14-9-12(21(24)25)6-7-15(14)29-18(20)19-17(23)11-4-3-5-13(8-11)30(2,26)27/h3-9H,10H2,1-2H3. The number of ether oxygens (including phenoxy) is 1. The molecule has 10 nitrogen and oxygen atoms in total. The number of carbonyl (C=O) groups excluding carboxylic acids is 2. The summed E-state index contributed by atoms with van der Waals surface area (Å²) in [5, 5.41) is 11.1. The van der Waals surface area contributed by atoms with E-state index in [9.17, 15) is 28.1 Å². The number of nitro groups is 1. The molecule has 3 aromatic rings. The lowest BCUT2D eigenvalue weighted by Gasteiger charge is -2.04. The van der Waals surface area contributed by atoms with Gasteiger partial charge in [-0.2, -0.15) is 4.99 Å². The largest absolute Gasteiger partial charge is 0.468 e. The maximum atomic E-state index is 12.7. The highest BCUT2D eigenvalue weighted by molar-refractivity contribution is 7.90. The fraction of sp³-hybridized carbons (Fsp3) is 0.167. The molecule has 0 N–H and O–H groups in total. The molecule has 1 aromatic heterocycles. The molecule has 30 heavy (non-hydrogen) atoms. The summed E-state index contributed by atoms with van der Waals surface area (Å²) < 4.78 is 30.0. The summed E-state index contributed by atoms with van der Waals surface area (Å²) in [6.07, 6.45) is 1.02. The van der Waals surface area contributed by atoms with Crippen LogP contribution in [-0.4, -0.2) is 43.2 Å². The number of sulfone groups is 1. The van der Waals surface area contributed by atoms with Crippen LogP contribution in [0.5, 0.6) is 0 Å². The van der Waals surface area contributed by atoms with Crippen molar-refractivity contribution in [3.8, 4) is 0 Å². The quantitative estimate of drug-likeness (QED) is 0.329. The Balaban J connectivity index is 2.17. The van der Waals surface area contributed by atoms with Crippen LogP contribution < -0.4 is 4.80 Å². The van der Waals surface area contributed by atoms with E-state index in [1.807, 2.05) is 0 Å². The molecular formula is C18H15N3O7S2. The van der Waals surface area contributed by atoms with Gasteiger partial charge in [-0.05, 0) is 24.3 Å². The number of nitro benzene ring substituents is 1. The highest BCUT2D eigenvalue weighted by Crippen LogP contribution is 2.23. The molecule has 156 valence electrons. The number of carbonyl (C=O) groups is 2. The molecule has 2 aromatic carbocycles. The third-order valence-corrected chi connectivity index (χ3v) is 6.27. The molecule has 1 amide bonds. The minimum absolute atomic E-state index is 0.0297. The molecule has 0 aliphatic rings. The lowest BCUT2D eigenvalue weighted by Crippen LogP contribution is -2.22. The van der Waals surface area contributed by atoms with Crippen LogP contribution in [0.3, 0.4) is 0 Å². The van der Waals surface area contributed by atoms with Crippen molar-refractivity contribution in [1.29, 1.82) is 0 Å². The van der Waals surface area contributed by atoms with Crippen molar-refractivity contribution >= 4 is 49.0 Å². The van der Waals surface area contributed by atoms with Crippen molar-refractivity contribution in [3.05, 3.63) is 62.9 Å². The molecule has 0 saturated heterocycles. The normalized spacial score (nSPS) is 12.1. The zero-order valence-corrected chi connectivity index (χ0v) is 17.4. The number of benzene rings is 2. The second-order valence-corrected chi connectivity index (χ2v) is 9.20. The van der Waals surface area contributed by atoms with Gasteiger partial charge in [-0.25, -0.2) is 8.42 Å². The molecular weight excluding hydrogens is 434 g/mol. The van der Waals surface area contributed by atoms with Crippen LogP contribution in [0.4, 0.5) is 5.69 Å². The number of rotatable bonds is 5. The second kappa shape index (κ2) is 8.16. The number of fused-ring (bicyclic) bond motifs is 1. The van der Waals surface area contributed by atoms with E-state index >= 15 is 0 Å². The number of amides is 1. The third kappa shape index (κ3) is 4.44. The Morgan fingerprint density at radius 1 is 1.23 bits per heavy atom. The fourth-order valence-electron chi connectivity index (χ4n) is 2.61. The van der Waals surface area contributed by atoms with Crippen molar-refractivity contribution in [1.82, 2.24) is 4.57 Å². The van der Waals surface area contributed by atoms with Gasteiger partial charge < -0.3 is 9.30 Å². The topological polar surface area (TPSA) is 138 Å². The van der Waals surface area contributed by atoms with E-state index < -0.39 is 26.6 Å². The number of thiazole rings is 1. The average molecular weight is 449 g/mol. The minimum Gasteiger partial charge on any atom is -0.468 e. The predicted octanol–water partition coefficient (Wildman–Crippen LogP) is 1.93. The second-order valence-electron chi connectivity index (χ2n) is 6.17. The van der Waals surface area contributed by atoms with Crippen LogP contribution in [0, 0.1) is 10.1 Å². The van der Waals surface area contributed by atoms with E-state index in [0.717, 1.165) is 17.6 Å². The van der Waals surface area contributed by atoms with Crippen LogP contribution in [0.1, 0.15) is 10.4 Å². The number of nitrogens with zero attached hydrogens (tertiary/aromatic N) is 3. The van der Waals surface area contributed by atoms with Gasteiger partial charge in [0.05, 0.1) is 27.1 Å². The minimum atomic E-state index is -3.51. The highest BCUT2D eigenvalue weighted by Gasteiger charge is 2.16. The van der Waals surface area contributed by atoms with Crippen LogP contribution in [-0.2, 0) is 25.9 Å². The number of methoxy groups -OCH3 is 1. The van der Waals surface area contributed by atoms with Gasteiger partial charge >= 0.3 is 5.97 Å². The first-order valence-electron chi connectivity index (χ1n) is 8.34. The van der Waals surface area contributed by atoms with Gasteiger partial charge in [0.1, 0.15) is 6.54 Å². The molecule has 0 unspecified atom stereocenters. The summed E-state index contributed by atoms with van der Waals surface area (Å²) in [6.45, 7) is -0.312. The van der Waals surface area contributed by atoms with Gasteiger partial charge in [0.25, 0.3) is 11.6 Å². The highest BCUT2D eigenvalue weighted by atomic mass is 32.2. The van der Waals surface area contributed by atoms with Crippen LogP contribution in [0.15, 0.2) is 52.4 Å². The summed E-state index contributed by atoms with van der Waals surface area (Å²) in [6, 6.07) is 9.51. The Hall–Kier alpha value is -3.38. The molecule has 0 radical (unpaired) electrons. The van der Waals surface area contributed by atoms with Gasteiger partial charge in [0.15, 0.2) is 14.6 Å². The maximum Gasteiger partial charge on any atom is 0.325 e. The van der Waals surface area contributed by atoms with E-state index in [2.05, 4.69) is 9.73 Å². The number of hydrogen-bond acceptors (Lipinski definition) is 8. The van der Waals surface area contributed by atoms with E-state index in [1.165, 1.54) is 54.1 Å². The molecule has 12 heteroatoms. The SMILES string of the molecule is COC(=O)Cn1c(=NC(=O)c2cccc(S(C)(=O)=O)c2)sc2ccc([N+](=O)[O-])cc21. The van der Waals surface area contributed by atoms with Crippen molar-refractivity contribution in [2.75, 3.05) is 13.4 Å². The Kier molecular flexibility index (Phi) is 5.80. The average Bonchev–Trinajstić information content (AvgIpc) is 3.03. The van der Waals surface area contributed by atoms with E-state index in [0.29, 0.717) is 10.2 Å². The monoisotopic (exact) mass is 449 g/mol. The van der Waals surface area contributed by atoms with Gasteiger partial charge in [0, 0.05) is 24.0 Å². The fourth-order valence-corrected chi connectivity index (χ4v) is 4.29. The van der Waals surface area contributed by atoms with Gasteiger partial charge in [-0.1, -0.05) is 17.4 Å². The predicted molar refractivity (Wildman–Crippen MR) is 108 cm³/mol. The molecule has 1 heterocycles. The van der Waals surface area contributed by atoms with E-state index in [4.69, 9.17) is 0 Å². The Labute approximate surface area is 174 Å². The third-order valence-electron chi connectivity index (χ3n) is 4.10. The number of non-ortho nitro benzene ring substituents is 1. The van der Waals surface area contributed by atoms with Crippen molar-refractivity contribution in [2.24, 2.45) is 4.99 Å². The molecule has 0 atom stereocenters. The van der Waals surface area contributed by atoms with Crippen molar-refractivity contribution in [2.45, 2.75) is 11.4 Å².